The van der Waals surface area contributed by atoms with Crippen LogP contribution in [0.4, 0.5) is 4.79 Å². The maximum absolute atomic E-state index is 12.5. The van der Waals surface area contributed by atoms with E-state index in [0.717, 1.165) is 22.3 Å². The summed E-state index contributed by atoms with van der Waals surface area (Å²) in [7, 11) is 0. The Bertz CT molecular complexity index is 1370. The minimum absolute atomic E-state index is 0.00716. The number of aldehydes is 1. The number of carbonyl (C=O) groups is 6. The van der Waals surface area contributed by atoms with Crippen molar-refractivity contribution in [2.75, 3.05) is 33.0 Å². The van der Waals surface area contributed by atoms with Crippen molar-refractivity contribution >= 4 is 35.8 Å². The molecule has 12 nitrogen and oxygen atoms in total. The lowest BCUT2D eigenvalue weighted by Crippen LogP contribution is -2.42. The summed E-state index contributed by atoms with van der Waals surface area (Å²) in [6.07, 6.45) is 3.95. The highest BCUT2D eigenvalue weighted by Crippen LogP contribution is 2.44. The van der Waals surface area contributed by atoms with Gasteiger partial charge in [-0.3, -0.25) is 14.4 Å². The molecule has 12 heteroatoms. The fourth-order valence-electron chi connectivity index (χ4n) is 5.69. The normalized spacial score (nSPS) is 13.1. The van der Waals surface area contributed by atoms with Crippen LogP contribution in [-0.4, -0.2) is 86.0 Å². The molecule has 2 aromatic rings. The number of nitrogens with one attached hydrogen (secondary N) is 2. The van der Waals surface area contributed by atoms with Gasteiger partial charge in [-0.05, 0) is 47.9 Å². The number of alkyl carbamates (subject to hydrolysis) is 1. The summed E-state index contributed by atoms with van der Waals surface area (Å²) in [5, 5.41) is 14.4. The van der Waals surface area contributed by atoms with Gasteiger partial charge in [0.15, 0.2) is 0 Å². The van der Waals surface area contributed by atoms with E-state index in [2.05, 4.69) is 22.8 Å². The summed E-state index contributed by atoms with van der Waals surface area (Å²) in [6, 6.07) is 14.1. The molecule has 0 spiro atoms. The van der Waals surface area contributed by atoms with E-state index < -0.39 is 30.1 Å². The number of Topliss-reactive ketones (excluding diaryl/α,β-unsaturated/α-hetero) is 2. The van der Waals surface area contributed by atoms with Gasteiger partial charge in [0.05, 0.1) is 19.3 Å². The summed E-state index contributed by atoms with van der Waals surface area (Å²) in [5.41, 5.74) is 4.44. The van der Waals surface area contributed by atoms with Crippen molar-refractivity contribution in [2.45, 2.75) is 89.1 Å². The molecular formula is C37H48N2O10. The predicted octanol–water partition coefficient (Wildman–Crippen LogP) is 4.75. The van der Waals surface area contributed by atoms with Gasteiger partial charge in [-0.1, -0.05) is 68.3 Å². The summed E-state index contributed by atoms with van der Waals surface area (Å²) in [5.74, 6) is -1.88. The van der Waals surface area contributed by atoms with Crippen molar-refractivity contribution in [1.29, 1.82) is 0 Å². The SMILES string of the molecule is CCC(=O)CCCOCCOCC(=O)NC(CCC(=O)CCCCCC(C=O)NC(=O)OCC1c2ccccc2-c2ccccc21)C(=O)O. The Labute approximate surface area is 287 Å². The van der Waals surface area contributed by atoms with Crippen molar-refractivity contribution in [1.82, 2.24) is 10.6 Å². The second kappa shape index (κ2) is 21.5. The summed E-state index contributed by atoms with van der Waals surface area (Å²) >= 11 is 0. The molecule has 49 heavy (non-hydrogen) atoms. The fourth-order valence-corrected chi connectivity index (χ4v) is 5.69. The third-order valence-electron chi connectivity index (χ3n) is 8.37. The summed E-state index contributed by atoms with van der Waals surface area (Å²) in [4.78, 5) is 71.4. The molecule has 2 aromatic carbocycles. The molecule has 0 heterocycles. The average Bonchev–Trinajstić information content (AvgIpc) is 3.42. The number of ketones is 2. The Hall–Kier alpha value is -4.42. The Kier molecular flexibility index (Phi) is 17.1. The maximum atomic E-state index is 12.5. The number of fused-ring (bicyclic) bond motifs is 3. The number of carboxylic acids is 1. The van der Waals surface area contributed by atoms with Gasteiger partial charge in [0.25, 0.3) is 0 Å². The second-order valence-corrected chi connectivity index (χ2v) is 12.0. The lowest BCUT2D eigenvalue weighted by atomic mass is 9.98. The summed E-state index contributed by atoms with van der Waals surface area (Å²) in [6.45, 7) is 2.42. The van der Waals surface area contributed by atoms with Crippen molar-refractivity contribution in [3.05, 3.63) is 59.7 Å². The zero-order chi connectivity index (χ0) is 35.4. The van der Waals surface area contributed by atoms with Crippen molar-refractivity contribution < 1.29 is 48.1 Å². The minimum Gasteiger partial charge on any atom is -0.480 e. The van der Waals surface area contributed by atoms with Gasteiger partial charge < -0.3 is 34.7 Å². The molecule has 0 bridgehead atoms. The highest BCUT2D eigenvalue weighted by Gasteiger charge is 2.29. The molecule has 2 atom stereocenters. The number of aliphatic carboxylic acids is 1. The first-order valence-corrected chi connectivity index (χ1v) is 17.0. The molecule has 0 aromatic heterocycles. The zero-order valence-electron chi connectivity index (χ0n) is 28.2. The van der Waals surface area contributed by atoms with Crippen molar-refractivity contribution in [3.63, 3.8) is 0 Å². The third-order valence-corrected chi connectivity index (χ3v) is 8.37. The zero-order valence-corrected chi connectivity index (χ0v) is 28.2. The summed E-state index contributed by atoms with van der Waals surface area (Å²) < 4.78 is 16.1. The van der Waals surface area contributed by atoms with Crippen LogP contribution >= 0.6 is 0 Å². The van der Waals surface area contributed by atoms with Gasteiger partial charge in [0.2, 0.25) is 5.91 Å². The number of amides is 2. The van der Waals surface area contributed by atoms with E-state index in [1.54, 1.807) is 0 Å². The monoisotopic (exact) mass is 680 g/mol. The van der Waals surface area contributed by atoms with E-state index in [1.165, 1.54) is 0 Å². The van der Waals surface area contributed by atoms with E-state index in [9.17, 15) is 33.9 Å². The average molecular weight is 681 g/mol. The van der Waals surface area contributed by atoms with Crippen LogP contribution in [-0.2, 0) is 38.2 Å². The highest BCUT2D eigenvalue weighted by atomic mass is 16.5. The smallest absolute Gasteiger partial charge is 0.407 e. The molecule has 3 N–H and O–H groups in total. The molecule has 2 amide bonds. The molecule has 0 radical (unpaired) electrons. The lowest BCUT2D eigenvalue weighted by molar-refractivity contribution is -0.143. The number of ether oxygens (including phenoxy) is 3. The van der Waals surface area contributed by atoms with Gasteiger partial charge in [0.1, 0.15) is 37.1 Å². The first kappa shape index (κ1) is 39.0. The first-order valence-electron chi connectivity index (χ1n) is 17.0. The predicted molar refractivity (Wildman–Crippen MR) is 181 cm³/mol. The van der Waals surface area contributed by atoms with Gasteiger partial charge in [-0.2, -0.15) is 0 Å². The molecule has 1 aliphatic rings. The maximum Gasteiger partial charge on any atom is 0.407 e. The molecule has 1 aliphatic carbocycles. The lowest BCUT2D eigenvalue weighted by Gasteiger charge is -2.16. The molecule has 0 fully saturated rings. The van der Waals surface area contributed by atoms with E-state index in [4.69, 9.17) is 14.2 Å². The largest absolute Gasteiger partial charge is 0.480 e. The van der Waals surface area contributed by atoms with Gasteiger partial charge >= 0.3 is 12.1 Å². The van der Waals surface area contributed by atoms with Crippen LogP contribution in [0.1, 0.15) is 88.2 Å². The van der Waals surface area contributed by atoms with Crippen LogP contribution in [0.3, 0.4) is 0 Å². The molecule has 2 unspecified atom stereocenters. The number of unbranched alkanes of at least 4 members (excludes halogenated alkanes) is 2. The van der Waals surface area contributed by atoms with Crippen LogP contribution in [0.5, 0.6) is 0 Å². The highest BCUT2D eigenvalue weighted by molar-refractivity contribution is 5.85. The Morgan fingerprint density at radius 1 is 0.776 bits per heavy atom. The van der Waals surface area contributed by atoms with E-state index >= 15 is 0 Å². The topological polar surface area (TPSA) is 174 Å². The standard InChI is InChI=1S/C37H48N2O10/c1-2-27(41)13-10-20-47-21-22-48-25-35(43)39-34(36(44)45)19-18-28(42)12-5-3-4-11-26(23-40)38-37(46)49-24-33-31-16-8-6-14-29(31)30-15-7-9-17-32(30)33/h6-9,14-17,23,26,33-34H,2-5,10-13,18-22,24-25H2,1H3,(H,38,46)(H,39,43)(H,44,45). The number of hydrogen-bond acceptors (Lipinski definition) is 9. The number of benzene rings is 2. The molecule has 3 rings (SSSR count). The van der Waals surface area contributed by atoms with Gasteiger partial charge in [0, 0.05) is 38.2 Å². The van der Waals surface area contributed by atoms with Crippen LogP contribution in [0, 0.1) is 0 Å². The van der Waals surface area contributed by atoms with Crippen LogP contribution in [0.25, 0.3) is 11.1 Å². The number of carboxylic acid groups (broad SMARTS) is 1. The third kappa shape index (κ3) is 13.5. The first-order chi connectivity index (χ1) is 23.7. The van der Waals surface area contributed by atoms with Gasteiger partial charge in [-0.25, -0.2) is 9.59 Å². The van der Waals surface area contributed by atoms with Gasteiger partial charge in [-0.15, -0.1) is 0 Å². The van der Waals surface area contributed by atoms with Crippen LogP contribution in [0.15, 0.2) is 48.5 Å². The number of carbonyl (C=O) groups excluding carboxylic acids is 5. The van der Waals surface area contributed by atoms with E-state index in [-0.39, 0.29) is 63.2 Å². The van der Waals surface area contributed by atoms with Crippen molar-refractivity contribution in [2.24, 2.45) is 0 Å². The van der Waals surface area contributed by atoms with Crippen LogP contribution in [0.2, 0.25) is 0 Å². The molecular weight excluding hydrogens is 632 g/mol. The molecule has 0 saturated heterocycles. The number of rotatable bonds is 25. The van der Waals surface area contributed by atoms with Crippen molar-refractivity contribution in [3.8, 4) is 11.1 Å². The number of hydrogen-bond donors (Lipinski definition) is 3. The second-order valence-electron chi connectivity index (χ2n) is 12.0. The Morgan fingerprint density at radius 3 is 2.08 bits per heavy atom. The molecule has 0 saturated carbocycles. The Morgan fingerprint density at radius 2 is 1.43 bits per heavy atom. The molecule has 266 valence electrons. The fraction of sp³-hybridized carbons (Fsp3) is 0.514. The van der Waals surface area contributed by atoms with E-state index in [0.29, 0.717) is 57.8 Å². The Balaban J connectivity index is 1.25. The molecule has 0 aliphatic heterocycles. The van der Waals surface area contributed by atoms with Crippen LogP contribution < -0.4 is 10.6 Å². The van der Waals surface area contributed by atoms with E-state index in [1.807, 2.05) is 43.3 Å². The minimum atomic E-state index is -1.24. The quantitative estimate of drug-likeness (QED) is 0.0980.